The highest BCUT2D eigenvalue weighted by Gasteiger charge is 2.29. The Balaban J connectivity index is 1.47. The number of carbonyl (C=O) groups is 1. The van der Waals surface area contributed by atoms with Gasteiger partial charge in [-0.05, 0) is 11.6 Å². The van der Waals surface area contributed by atoms with Crippen LogP contribution in [0.4, 0.5) is 0 Å². The normalized spacial score (nSPS) is 15.5. The number of hydrogen-bond donors (Lipinski definition) is 0. The van der Waals surface area contributed by atoms with Crippen molar-refractivity contribution >= 4 is 12.0 Å². The molecule has 1 aliphatic heterocycles. The van der Waals surface area contributed by atoms with Crippen LogP contribution in [-0.2, 0) is 11.3 Å². The summed E-state index contributed by atoms with van der Waals surface area (Å²) < 4.78 is 1.81. The van der Waals surface area contributed by atoms with Crippen molar-refractivity contribution in [2.75, 3.05) is 13.1 Å². The standard InChI is InChI=1S/C15H16N4O/c20-15(7-6-13-4-2-1-3-5-13)18-8-14(9-18)10-19-12-16-11-17-19/h1-7,11-12,14H,8-10H2. The number of amides is 1. The lowest BCUT2D eigenvalue weighted by molar-refractivity contribution is -0.132. The van der Waals surface area contributed by atoms with Crippen molar-refractivity contribution in [3.63, 3.8) is 0 Å². The molecule has 0 spiro atoms. The van der Waals surface area contributed by atoms with Crippen LogP contribution in [0.15, 0.2) is 49.1 Å². The first-order chi connectivity index (χ1) is 9.81. The van der Waals surface area contributed by atoms with E-state index in [1.807, 2.05) is 46.0 Å². The van der Waals surface area contributed by atoms with Gasteiger partial charge in [-0.1, -0.05) is 30.3 Å². The number of likely N-dealkylation sites (tertiary alicyclic amines) is 1. The molecule has 3 rings (SSSR count). The van der Waals surface area contributed by atoms with Gasteiger partial charge in [0.15, 0.2) is 0 Å². The molecule has 1 amide bonds. The minimum atomic E-state index is 0.0729. The second kappa shape index (κ2) is 5.69. The highest BCUT2D eigenvalue weighted by Crippen LogP contribution is 2.17. The minimum absolute atomic E-state index is 0.0729. The third kappa shape index (κ3) is 2.93. The van der Waals surface area contributed by atoms with Gasteiger partial charge in [0.1, 0.15) is 12.7 Å². The number of aromatic nitrogens is 3. The average Bonchev–Trinajstić information content (AvgIpc) is 2.94. The summed E-state index contributed by atoms with van der Waals surface area (Å²) in [5, 5.41) is 4.07. The fraction of sp³-hybridized carbons (Fsp3) is 0.267. The van der Waals surface area contributed by atoms with Crippen LogP contribution >= 0.6 is 0 Å². The molecule has 0 unspecified atom stereocenters. The highest BCUT2D eigenvalue weighted by atomic mass is 16.2. The van der Waals surface area contributed by atoms with Gasteiger partial charge < -0.3 is 4.90 Å². The van der Waals surface area contributed by atoms with Gasteiger partial charge in [0.05, 0.1) is 0 Å². The summed E-state index contributed by atoms with van der Waals surface area (Å²) in [6, 6.07) is 9.84. The predicted octanol–water partition coefficient (Wildman–Crippen LogP) is 1.45. The van der Waals surface area contributed by atoms with E-state index in [9.17, 15) is 4.79 Å². The van der Waals surface area contributed by atoms with Crippen LogP contribution in [0.25, 0.3) is 6.08 Å². The van der Waals surface area contributed by atoms with Crippen molar-refractivity contribution in [3.05, 3.63) is 54.6 Å². The molecule has 0 saturated carbocycles. The maximum absolute atomic E-state index is 12.0. The van der Waals surface area contributed by atoms with Gasteiger partial charge in [0, 0.05) is 31.6 Å². The summed E-state index contributed by atoms with van der Waals surface area (Å²) in [6.07, 6.45) is 6.73. The molecule has 0 N–H and O–H groups in total. The molecule has 5 nitrogen and oxygen atoms in total. The summed E-state index contributed by atoms with van der Waals surface area (Å²) in [7, 11) is 0. The Bertz CT molecular complexity index is 586. The molecule has 0 aliphatic carbocycles. The van der Waals surface area contributed by atoms with Crippen LogP contribution < -0.4 is 0 Å². The van der Waals surface area contributed by atoms with E-state index in [4.69, 9.17) is 0 Å². The zero-order valence-electron chi connectivity index (χ0n) is 11.1. The Morgan fingerprint density at radius 2 is 2.10 bits per heavy atom. The number of rotatable bonds is 4. The second-order valence-electron chi connectivity index (χ2n) is 4.97. The van der Waals surface area contributed by atoms with Gasteiger partial charge in [-0.25, -0.2) is 4.98 Å². The summed E-state index contributed by atoms with van der Waals surface area (Å²) in [5.41, 5.74) is 1.04. The number of nitrogens with zero attached hydrogens (tertiary/aromatic N) is 4. The van der Waals surface area contributed by atoms with Gasteiger partial charge in [-0.15, -0.1) is 0 Å². The molecular weight excluding hydrogens is 252 g/mol. The molecular formula is C15H16N4O. The fourth-order valence-electron chi connectivity index (χ4n) is 2.29. The van der Waals surface area contributed by atoms with E-state index in [2.05, 4.69) is 10.1 Å². The van der Waals surface area contributed by atoms with E-state index in [0.717, 1.165) is 25.2 Å². The third-order valence-corrected chi connectivity index (χ3v) is 3.40. The van der Waals surface area contributed by atoms with Crippen molar-refractivity contribution in [3.8, 4) is 0 Å². The monoisotopic (exact) mass is 268 g/mol. The third-order valence-electron chi connectivity index (χ3n) is 3.40. The Morgan fingerprint density at radius 1 is 1.30 bits per heavy atom. The van der Waals surface area contributed by atoms with Crippen LogP contribution in [-0.4, -0.2) is 38.7 Å². The second-order valence-corrected chi connectivity index (χ2v) is 4.97. The Kier molecular flexibility index (Phi) is 3.58. The minimum Gasteiger partial charge on any atom is -0.338 e. The number of hydrogen-bond acceptors (Lipinski definition) is 3. The summed E-state index contributed by atoms with van der Waals surface area (Å²) in [5.74, 6) is 0.550. The molecule has 1 fully saturated rings. The first-order valence-corrected chi connectivity index (χ1v) is 6.66. The number of carbonyl (C=O) groups excluding carboxylic acids is 1. The molecule has 102 valence electrons. The molecule has 1 aliphatic rings. The van der Waals surface area contributed by atoms with Crippen LogP contribution in [0.1, 0.15) is 5.56 Å². The van der Waals surface area contributed by atoms with E-state index in [-0.39, 0.29) is 5.91 Å². The van der Waals surface area contributed by atoms with E-state index in [0.29, 0.717) is 5.92 Å². The Hall–Kier alpha value is -2.43. The Morgan fingerprint density at radius 3 is 2.80 bits per heavy atom. The van der Waals surface area contributed by atoms with Crippen molar-refractivity contribution in [2.24, 2.45) is 5.92 Å². The summed E-state index contributed by atoms with van der Waals surface area (Å²) in [6.45, 7) is 2.40. The first-order valence-electron chi connectivity index (χ1n) is 6.66. The van der Waals surface area contributed by atoms with Gasteiger partial charge in [0.25, 0.3) is 0 Å². The fourth-order valence-corrected chi connectivity index (χ4v) is 2.29. The lowest BCUT2D eigenvalue weighted by Crippen LogP contribution is -2.50. The molecule has 2 heterocycles. The molecule has 2 aromatic rings. The van der Waals surface area contributed by atoms with Crippen LogP contribution in [0.3, 0.4) is 0 Å². The predicted molar refractivity (Wildman–Crippen MR) is 75.6 cm³/mol. The van der Waals surface area contributed by atoms with E-state index >= 15 is 0 Å². The van der Waals surface area contributed by atoms with Crippen molar-refractivity contribution in [1.82, 2.24) is 19.7 Å². The largest absolute Gasteiger partial charge is 0.338 e. The zero-order valence-corrected chi connectivity index (χ0v) is 11.1. The Labute approximate surface area is 117 Å². The number of benzene rings is 1. The lowest BCUT2D eigenvalue weighted by atomic mass is 10.00. The van der Waals surface area contributed by atoms with Crippen LogP contribution in [0.5, 0.6) is 0 Å². The lowest BCUT2D eigenvalue weighted by Gasteiger charge is -2.38. The van der Waals surface area contributed by atoms with E-state index < -0.39 is 0 Å². The SMILES string of the molecule is O=C(C=Cc1ccccc1)N1CC(Cn2cncn2)C1. The molecule has 1 saturated heterocycles. The van der Waals surface area contributed by atoms with Crippen molar-refractivity contribution in [2.45, 2.75) is 6.54 Å². The van der Waals surface area contributed by atoms with Crippen LogP contribution in [0, 0.1) is 5.92 Å². The maximum atomic E-state index is 12.0. The maximum Gasteiger partial charge on any atom is 0.246 e. The van der Waals surface area contributed by atoms with Crippen molar-refractivity contribution in [1.29, 1.82) is 0 Å². The van der Waals surface area contributed by atoms with Gasteiger partial charge >= 0.3 is 0 Å². The van der Waals surface area contributed by atoms with Gasteiger partial charge in [-0.2, -0.15) is 5.10 Å². The molecule has 1 aromatic carbocycles. The smallest absolute Gasteiger partial charge is 0.246 e. The van der Waals surface area contributed by atoms with E-state index in [1.54, 1.807) is 12.4 Å². The quantitative estimate of drug-likeness (QED) is 0.789. The zero-order chi connectivity index (χ0) is 13.8. The molecule has 5 heteroatoms. The first kappa shape index (κ1) is 12.6. The van der Waals surface area contributed by atoms with Crippen LogP contribution in [0.2, 0.25) is 0 Å². The molecule has 20 heavy (non-hydrogen) atoms. The average molecular weight is 268 g/mol. The van der Waals surface area contributed by atoms with Crippen molar-refractivity contribution < 1.29 is 4.79 Å². The topological polar surface area (TPSA) is 51.0 Å². The van der Waals surface area contributed by atoms with E-state index in [1.165, 1.54) is 6.33 Å². The molecule has 0 atom stereocenters. The highest BCUT2D eigenvalue weighted by molar-refractivity contribution is 5.92. The van der Waals surface area contributed by atoms with Gasteiger partial charge in [0.2, 0.25) is 5.91 Å². The molecule has 1 aromatic heterocycles. The molecule has 0 radical (unpaired) electrons. The van der Waals surface area contributed by atoms with Gasteiger partial charge in [-0.3, -0.25) is 9.48 Å². The molecule has 0 bridgehead atoms. The summed E-state index contributed by atoms with van der Waals surface area (Å²) in [4.78, 5) is 17.7. The summed E-state index contributed by atoms with van der Waals surface area (Å²) >= 11 is 0.